The largest absolute Gasteiger partial charge is 0.352 e. The monoisotopic (exact) mass is 290 g/mol. The van der Waals surface area contributed by atoms with Crippen LogP contribution in [-0.2, 0) is 6.42 Å². The fourth-order valence-electron chi connectivity index (χ4n) is 2.58. The second kappa shape index (κ2) is 6.39. The van der Waals surface area contributed by atoms with E-state index in [9.17, 15) is 4.79 Å². The molecule has 0 aliphatic carbocycles. The highest BCUT2D eigenvalue weighted by Crippen LogP contribution is 2.15. The number of hydrogen-bond acceptors (Lipinski definition) is 2. The first-order chi connectivity index (χ1) is 10.8. The third-order valence-electron chi connectivity index (χ3n) is 3.82. The van der Waals surface area contributed by atoms with Gasteiger partial charge in [-0.25, -0.2) is 0 Å². The lowest BCUT2D eigenvalue weighted by Crippen LogP contribution is -2.26. The van der Waals surface area contributed by atoms with Crippen LogP contribution in [0.4, 0.5) is 0 Å². The summed E-state index contributed by atoms with van der Waals surface area (Å²) >= 11 is 0. The lowest BCUT2D eigenvalue weighted by atomic mass is 10.1. The fraction of sp³-hybridized carbons (Fsp3) is 0.158. The van der Waals surface area contributed by atoms with Gasteiger partial charge in [0.15, 0.2) is 0 Å². The molecule has 2 aromatic carbocycles. The van der Waals surface area contributed by atoms with Gasteiger partial charge >= 0.3 is 0 Å². The Bertz CT molecular complexity index is 806. The molecule has 3 aromatic rings. The van der Waals surface area contributed by atoms with E-state index < -0.39 is 0 Å². The molecule has 0 unspecified atom stereocenters. The molecule has 110 valence electrons. The highest BCUT2D eigenvalue weighted by Gasteiger charge is 2.10. The summed E-state index contributed by atoms with van der Waals surface area (Å²) in [5.41, 5.74) is 3.89. The van der Waals surface area contributed by atoms with Crippen LogP contribution >= 0.6 is 0 Å². The zero-order chi connectivity index (χ0) is 15.4. The Morgan fingerprint density at radius 2 is 1.86 bits per heavy atom. The SMILES string of the molecule is Cc1ccccc1CCNC(=O)c1cccc2cccnc12. The van der Waals surface area contributed by atoms with E-state index in [4.69, 9.17) is 0 Å². The number of nitrogens with one attached hydrogen (secondary N) is 1. The third-order valence-corrected chi connectivity index (χ3v) is 3.82. The van der Waals surface area contributed by atoms with Gasteiger partial charge in [0.05, 0.1) is 11.1 Å². The van der Waals surface area contributed by atoms with Crippen molar-refractivity contribution >= 4 is 16.8 Å². The number of amides is 1. The van der Waals surface area contributed by atoms with Crippen molar-refractivity contribution in [3.8, 4) is 0 Å². The molecule has 3 heteroatoms. The Morgan fingerprint density at radius 1 is 1.05 bits per heavy atom. The minimum absolute atomic E-state index is 0.0714. The summed E-state index contributed by atoms with van der Waals surface area (Å²) in [7, 11) is 0. The number of fused-ring (bicyclic) bond motifs is 1. The molecule has 1 aromatic heterocycles. The predicted octanol–water partition coefficient (Wildman–Crippen LogP) is 3.52. The van der Waals surface area contributed by atoms with Gasteiger partial charge in [-0.15, -0.1) is 0 Å². The van der Waals surface area contributed by atoms with Crippen molar-refractivity contribution in [3.05, 3.63) is 77.5 Å². The first-order valence-corrected chi connectivity index (χ1v) is 7.42. The van der Waals surface area contributed by atoms with Crippen molar-refractivity contribution in [3.63, 3.8) is 0 Å². The van der Waals surface area contributed by atoms with Gasteiger partial charge in [0, 0.05) is 18.1 Å². The second-order valence-electron chi connectivity index (χ2n) is 5.31. The molecule has 22 heavy (non-hydrogen) atoms. The highest BCUT2D eigenvalue weighted by molar-refractivity contribution is 6.05. The molecule has 0 spiro atoms. The highest BCUT2D eigenvalue weighted by atomic mass is 16.1. The zero-order valence-corrected chi connectivity index (χ0v) is 12.5. The van der Waals surface area contributed by atoms with Crippen LogP contribution in [0, 0.1) is 6.92 Å². The van der Waals surface area contributed by atoms with Crippen molar-refractivity contribution in [2.75, 3.05) is 6.54 Å². The standard InChI is InChI=1S/C19H18N2O/c1-14-6-2-3-7-15(14)11-13-21-19(22)17-10-4-8-16-9-5-12-20-18(16)17/h2-10,12H,11,13H2,1H3,(H,21,22). The lowest BCUT2D eigenvalue weighted by molar-refractivity contribution is 0.0955. The summed E-state index contributed by atoms with van der Waals surface area (Å²) in [6.45, 7) is 2.71. The van der Waals surface area contributed by atoms with Crippen LogP contribution in [0.2, 0.25) is 0 Å². The lowest BCUT2D eigenvalue weighted by Gasteiger charge is -2.09. The molecular formula is C19H18N2O. The molecule has 3 rings (SSSR count). The summed E-state index contributed by atoms with van der Waals surface area (Å²) in [5, 5.41) is 3.97. The first-order valence-electron chi connectivity index (χ1n) is 7.42. The molecule has 1 N–H and O–H groups in total. The van der Waals surface area contributed by atoms with E-state index in [1.54, 1.807) is 6.20 Å². The van der Waals surface area contributed by atoms with Gasteiger partial charge < -0.3 is 5.32 Å². The van der Waals surface area contributed by atoms with Crippen LogP contribution < -0.4 is 5.32 Å². The molecule has 0 fully saturated rings. The molecule has 0 radical (unpaired) electrons. The minimum Gasteiger partial charge on any atom is -0.352 e. The Balaban J connectivity index is 1.70. The molecule has 1 heterocycles. The van der Waals surface area contributed by atoms with E-state index in [1.165, 1.54) is 11.1 Å². The van der Waals surface area contributed by atoms with E-state index >= 15 is 0 Å². The summed E-state index contributed by atoms with van der Waals surface area (Å²) in [6.07, 6.45) is 2.54. The Labute approximate surface area is 130 Å². The maximum atomic E-state index is 12.4. The maximum Gasteiger partial charge on any atom is 0.253 e. The van der Waals surface area contributed by atoms with Gasteiger partial charge in [0.2, 0.25) is 0 Å². The van der Waals surface area contributed by atoms with Gasteiger partial charge in [0.25, 0.3) is 5.91 Å². The van der Waals surface area contributed by atoms with E-state index in [2.05, 4.69) is 29.4 Å². The number of aromatic nitrogens is 1. The van der Waals surface area contributed by atoms with Crippen LogP contribution in [0.15, 0.2) is 60.8 Å². The van der Waals surface area contributed by atoms with Gasteiger partial charge in [-0.2, -0.15) is 0 Å². The van der Waals surface area contributed by atoms with Crippen LogP contribution in [-0.4, -0.2) is 17.4 Å². The summed E-state index contributed by atoms with van der Waals surface area (Å²) in [4.78, 5) is 16.7. The van der Waals surface area contributed by atoms with Crippen molar-refractivity contribution < 1.29 is 4.79 Å². The van der Waals surface area contributed by atoms with Gasteiger partial charge in [0.1, 0.15) is 0 Å². The van der Waals surface area contributed by atoms with E-state index in [0.717, 1.165) is 17.3 Å². The average molecular weight is 290 g/mol. The van der Waals surface area contributed by atoms with Crippen LogP contribution in [0.5, 0.6) is 0 Å². The minimum atomic E-state index is -0.0714. The van der Waals surface area contributed by atoms with Crippen molar-refractivity contribution in [1.82, 2.24) is 10.3 Å². The zero-order valence-electron chi connectivity index (χ0n) is 12.5. The van der Waals surface area contributed by atoms with Crippen LogP contribution in [0.1, 0.15) is 21.5 Å². The van der Waals surface area contributed by atoms with Crippen molar-refractivity contribution in [2.45, 2.75) is 13.3 Å². The van der Waals surface area contributed by atoms with Crippen LogP contribution in [0.25, 0.3) is 10.9 Å². The normalized spacial score (nSPS) is 10.6. The number of aryl methyl sites for hydroxylation is 1. The Kier molecular flexibility index (Phi) is 4.15. The third kappa shape index (κ3) is 2.98. The summed E-state index contributed by atoms with van der Waals surface area (Å²) in [6, 6.07) is 17.8. The number of para-hydroxylation sites is 1. The van der Waals surface area contributed by atoms with Crippen molar-refractivity contribution in [2.24, 2.45) is 0 Å². The number of hydrogen-bond donors (Lipinski definition) is 1. The molecular weight excluding hydrogens is 272 g/mol. The maximum absolute atomic E-state index is 12.4. The first kappa shape index (κ1) is 14.3. The molecule has 0 aliphatic rings. The predicted molar refractivity (Wildman–Crippen MR) is 89.0 cm³/mol. The van der Waals surface area contributed by atoms with E-state index in [0.29, 0.717) is 12.1 Å². The topological polar surface area (TPSA) is 42.0 Å². The second-order valence-corrected chi connectivity index (χ2v) is 5.31. The fourth-order valence-corrected chi connectivity index (χ4v) is 2.58. The number of nitrogens with zero attached hydrogens (tertiary/aromatic N) is 1. The van der Waals surface area contributed by atoms with Gasteiger partial charge in [-0.05, 0) is 36.6 Å². The quantitative estimate of drug-likeness (QED) is 0.799. The molecule has 1 amide bonds. The number of pyridine rings is 1. The van der Waals surface area contributed by atoms with Gasteiger partial charge in [-0.3, -0.25) is 9.78 Å². The summed E-state index contributed by atoms with van der Waals surface area (Å²) < 4.78 is 0. The van der Waals surface area contributed by atoms with E-state index in [1.807, 2.05) is 42.5 Å². The Hall–Kier alpha value is -2.68. The molecule has 0 aliphatic heterocycles. The van der Waals surface area contributed by atoms with Crippen molar-refractivity contribution in [1.29, 1.82) is 0 Å². The molecule has 0 bridgehead atoms. The average Bonchev–Trinajstić information content (AvgIpc) is 2.56. The molecule has 0 saturated heterocycles. The number of carbonyl (C=O) groups excluding carboxylic acids is 1. The number of carbonyl (C=O) groups is 1. The summed E-state index contributed by atoms with van der Waals surface area (Å²) in [5.74, 6) is -0.0714. The smallest absolute Gasteiger partial charge is 0.253 e. The van der Waals surface area contributed by atoms with Crippen LogP contribution in [0.3, 0.4) is 0 Å². The molecule has 3 nitrogen and oxygen atoms in total. The van der Waals surface area contributed by atoms with E-state index in [-0.39, 0.29) is 5.91 Å². The Morgan fingerprint density at radius 3 is 2.73 bits per heavy atom. The number of rotatable bonds is 4. The number of benzene rings is 2. The molecule has 0 atom stereocenters. The molecule has 0 saturated carbocycles. The van der Waals surface area contributed by atoms with Gasteiger partial charge in [-0.1, -0.05) is 42.5 Å².